The van der Waals surface area contributed by atoms with Crippen LogP contribution < -0.4 is 10.6 Å². The molecule has 1 saturated heterocycles. The van der Waals surface area contributed by atoms with Crippen molar-refractivity contribution >= 4 is 34.9 Å². The molecule has 4 amide bonds. The van der Waals surface area contributed by atoms with E-state index in [-0.39, 0.29) is 6.54 Å². The number of aryl methyl sites for hydroxylation is 1. The molecule has 2 aromatic rings. The van der Waals surface area contributed by atoms with Gasteiger partial charge in [-0.2, -0.15) is 0 Å². The summed E-state index contributed by atoms with van der Waals surface area (Å²) in [5.74, 6) is -0.821. The summed E-state index contributed by atoms with van der Waals surface area (Å²) in [5, 5.41) is 7.32. The Morgan fingerprint density at radius 3 is 2.68 bits per heavy atom. The van der Waals surface area contributed by atoms with E-state index in [0.717, 1.165) is 21.8 Å². The molecule has 1 aromatic carbocycles. The summed E-state index contributed by atoms with van der Waals surface area (Å²) in [7, 11) is 0. The number of nitrogens with zero attached hydrogens (tertiary/aromatic N) is 1. The first-order valence-electron chi connectivity index (χ1n) is 8.01. The summed E-state index contributed by atoms with van der Waals surface area (Å²) in [5.41, 5.74) is 0.576. The van der Waals surface area contributed by atoms with Gasteiger partial charge in [0.05, 0.1) is 0 Å². The van der Waals surface area contributed by atoms with Crippen LogP contribution in [-0.4, -0.2) is 29.3 Å². The monoisotopic (exact) mass is 357 g/mol. The van der Waals surface area contributed by atoms with Gasteiger partial charge in [0.2, 0.25) is 5.91 Å². The summed E-state index contributed by atoms with van der Waals surface area (Å²) in [6, 6.07) is 10.5. The highest BCUT2D eigenvalue weighted by Gasteiger charge is 2.50. The van der Waals surface area contributed by atoms with Crippen molar-refractivity contribution in [2.45, 2.75) is 25.8 Å². The van der Waals surface area contributed by atoms with Gasteiger partial charge in [0, 0.05) is 10.6 Å². The molecule has 0 bridgehead atoms. The Morgan fingerprint density at radius 1 is 1.24 bits per heavy atom. The van der Waals surface area contributed by atoms with Gasteiger partial charge < -0.3 is 10.6 Å². The van der Waals surface area contributed by atoms with E-state index in [4.69, 9.17) is 0 Å². The molecule has 1 aromatic heterocycles. The Labute approximate surface area is 149 Å². The highest BCUT2D eigenvalue weighted by molar-refractivity contribution is 7.10. The average molecular weight is 357 g/mol. The smallest absolute Gasteiger partial charge is 0.324 e. The number of rotatable bonds is 5. The Balaban J connectivity index is 1.73. The molecule has 6 nitrogen and oxygen atoms in total. The fourth-order valence-corrected chi connectivity index (χ4v) is 3.69. The van der Waals surface area contributed by atoms with Gasteiger partial charge in [-0.15, -0.1) is 11.3 Å². The van der Waals surface area contributed by atoms with Gasteiger partial charge in [-0.25, -0.2) is 4.79 Å². The zero-order valence-electron chi connectivity index (χ0n) is 14.0. The maximum atomic E-state index is 12.7. The number of para-hydroxylation sites is 1. The van der Waals surface area contributed by atoms with Crippen molar-refractivity contribution in [3.63, 3.8) is 0 Å². The number of imide groups is 1. The maximum Gasteiger partial charge on any atom is 0.325 e. The van der Waals surface area contributed by atoms with Crippen LogP contribution in [0.2, 0.25) is 0 Å². The number of nitrogens with one attached hydrogen (secondary N) is 2. The van der Waals surface area contributed by atoms with Crippen LogP contribution in [0.4, 0.5) is 10.5 Å². The molecule has 0 saturated carbocycles. The van der Waals surface area contributed by atoms with Crippen molar-refractivity contribution in [1.29, 1.82) is 0 Å². The highest BCUT2D eigenvalue weighted by atomic mass is 32.1. The lowest BCUT2D eigenvalue weighted by atomic mass is 10.0. The van der Waals surface area contributed by atoms with Gasteiger partial charge >= 0.3 is 6.03 Å². The van der Waals surface area contributed by atoms with Crippen LogP contribution in [0.5, 0.6) is 0 Å². The first-order chi connectivity index (χ1) is 12.0. The molecule has 7 heteroatoms. The fourth-order valence-electron chi connectivity index (χ4n) is 2.85. The van der Waals surface area contributed by atoms with Gasteiger partial charge in [-0.3, -0.25) is 14.5 Å². The fraction of sp³-hybridized carbons (Fsp3) is 0.278. The molecule has 1 aliphatic rings. The Kier molecular flexibility index (Phi) is 4.59. The number of benzene rings is 1. The lowest BCUT2D eigenvalue weighted by Gasteiger charge is -2.20. The predicted octanol–water partition coefficient (Wildman–Crippen LogP) is 2.72. The molecule has 1 unspecified atom stereocenters. The molecule has 1 fully saturated rings. The third-order valence-corrected chi connectivity index (χ3v) is 5.35. The van der Waals surface area contributed by atoms with Crippen LogP contribution in [0.1, 0.15) is 24.3 Å². The quantitative estimate of drug-likeness (QED) is 0.808. The van der Waals surface area contributed by atoms with Crippen molar-refractivity contribution < 1.29 is 14.4 Å². The molecule has 3 rings (SSSR count). The van der Waals surface area contributed by atoms with E-state index < -0.39 is 23.4 Å². The van der Waals surface area contributed by atoms with Crippen LogP contribution >= 0.6 is 11.3 Å². The Morgan fingerprint density at radius 2 is 2.00 bits per heavy atom. The van der Waals surface area contributed by atoms with Crippen LogP contribution in [0.15, 0.2) is 41.8 Å². The molecule has 0 aliphatic carbocycles. The summed E-state index contributed by atoms with van der Waals surface area (Å²) in [6.45, 7) is 3.34. The van der Waals surface area contributed by atoms with E-state index in [9.17, 15) is 14.4 Å². The van der Waals surface area contributed by atoms with E-state index in [1.807, 2.05) is 36.6 Å². The number of carbonyl (C=O) groups is 3. The predicted molar refractivity (Wildman–Crippen MR) is 96.4 cm³/mol. The Bertz CT molecular complexity index is 819. The van der Waals surface area contributed by atoms with Crippen LogP contribution in [0.3, 0.4) is 0 Å². The van der Waals surface area contributed by atoms with Crippen LogP contribution in [0, 0.1) is 0 Å². The van der Waals surface area contributed by atoms with Gasteiger partial charge in [0.1, 0.15) is 6.54 Å². The largest absolute Gasteiger partial charge is 0.325 e. The molecule has 0 spiro atoms. The number of hydrogen-bond donors (Lipinski definition) is 2. The highest BCUT2D eigenvalue weighted by Crippen LogP contribution is 2.31. The minimum atomic E-state index is -1.12. The third-order valence-electron chi connectivity index (χ3n) is 4.26. The second-order valence-corrected chi connectivity index (χ2v) is 6.93. The summed E-state index contributed by atoms with van der Waals surface area (Å²) in [4.78, 5) is 39.0. The second-order valence-electron chi connectivity index (χ2n) is 5.98. The van der Waals surface area contributed by atoms with Gasteiger partial charge in [-0.05, 0) is 36.4 Å². The summed E-state index contributed by atoms with van der Waals surface area (Å²) in [6.07, 6.45) is 0.774. The average Bonchev–Trinajstić information content (AvgIpc) is 3.20. The molecule has 25 heavy (non-hydrogen) atoms. The van der Waals surface area contributed by atoms with Crippen molar-refractivity contribution in [1.82, 2.24) is 10.2 Å². The van der Waals surface area contributed by atoms with Crippen molar-refractivity contribution in [3.8, 4) is 0 Å². The maximum absolute atomic E-state index is 12.7. The van der Waals surface area contributed by atoms with Crippen molar-refractivity contribution in [2.75, 3.05) is 11.9 Å². The number of thiophene rings is 1. The number of carbonyl (C=O) groups excluding carboxylic acids is 3. The summed E-state index contributed by atoms with van der Waals surface area (Å²) >= 11 is 1.39. The van der Waals surface area contributed by atoms with E-state index in [1.54, 1.807) is 19.1 Å². The number of hydrogen-bond acceptors (Lipinski definition) is 4. The number of anilines is 1. The normalized spacial score (nSPS) is 19.8. The van der Waals surface area contributed by atoms with E-state index in [1.165, 1.54) is 11.3 Å². The summed E-state index contributed by atoms with van der Waals surface area (Å²) < 4.78 is 0. The standard InChI is InChI=1S/C18H19N3O3S/c1-3-12-7-4-5-8-13(12)19-15(22)11-21-16(23)18(2,20-17(21)24)14-9-6-10-25-14/h4-10H,3,11H2,1-2H3,(H,19,22)(H,20,24). The zero-order valence-corrected chi connectivity index (χ0v) is 14.9. The molecule has 1 atom stereocenters. The molecule has 0 radical (unpaired) electrons. The molecule has 130 valence electrons. The van der Waals surface area contributed by atoms with Crippen LogP contribution in [0.25, 0.3) is 0 Å². The minimum absolute atomic E-state index is 0.316. The molecule has 2 heterocycles. The lowest BCUT2D eigenvalue weighted by molar-refractivity contribution is -0.133. The number of amides is 4. The van der Waals surface area contributed by atoms with Gasteiger partial charge in [-0.1, -0.05) is 31.2 Å². The first kappa shape index (κ1) is 17.2. The number of urea groups is 1. The van der Waals surface area contributed by atoms with E-state index >= 15 is 0 Å². The van der Waals surface area contributed by atoms with E-state index in [0.29, 0.717) is 5.69 Å². The third kappa shape index (κ3) is 3.15. The Hall–Kier alpha value is -2.67. The van der Waals surface area contributed by atoms with Crippen molar-refractivity contribution in [3.05, 3.63) is 52.2 Å². The van der Waals surface area contributed by atoms with Gasteiger partial charge in [0.15, 0.2) is 5.54 Å². The molecular formula is C18H19N3O3S. The molecule has 1 aliphatic heterocycles. The second kappa shape index (κ2) is 6.68. The zero-order chi connectivity index (χ0) is 18.0. The molecule has 2 N–H and O–H groups in total. The van der Waals surface area contributed by atoms with Gasteiger partial charge in [0.25, 0.3) is 5.91 Å². The topological polar surface area (TPSA) is 78.5 Å². The lowest BCUT2D eigenvalue weighted by Crippen LogP contribution is -2.41. The van der Waals surface area contributed by atoms with E-state index in [2.05, 4.69) is 10.6 Å². The van der Waals surface area contributed by atoms with Crippen LogP contribution in [-0.2, 0) is 21.5 Å². The van der Waals surface area contributed by atoms with Crippen molar-refractivity contribution in [2.24, 2.45) is 0 Å². The first-order valence-corrected chi connectivity index (χ1v) is 8.89. The SMILES string of the molecule is CCc1ccccc1NC(=O)CN1C(=O)NC(C)(c2cccs2)C1=O. The molecular weight excluding hydrogens is 338 g/mol. The minimum Gasteiger partial charge on any atom is -0.324 e.